The van der Waals surface area contributed by atoms with Crippen molar-refractivity contribution in [1.29, 1.82) is 0 Å². The smallest absolute Gasteiger partial charge is 0.308 e. The number of unbranched alkanes of at least 4 members (excludes halogenated alkanes) is 1. The molecule has 3 aliphatic heterocycles. The van der Waals surface area contributed by atoms with Crippen molar-refractivity contribution in [2.75, 3.05) is 35.5 Å². The molecule has 21 atom stereocenters. The molecule has 3 fully saturated rings. The van der Waals surface area contributed by atoms with E-state index in [0.717, 1.165) is 50.5 Å². The van der Waals surface area contributed by atoms with Crippen LogP contribution >= 0.6 is 0 Å². The Hall–Kier alpha value is -2.56. The van der Waals surface area contributed by atoms with Gasteiger partial charge in [-0.1, -0.05) is 72.9 Å². The first-order valence-corrected chi connectivity index (χ1v) is 26.5. The highest BCUT2D eigenvalue weighted by Gasteiger charge is 2.54. The predicted octanol–water partition coefficient (Wildman–Crippen LogP) is 6.46. The molecule has 3 heterocycles. The van der Waals surface area contributed by atoms with Gasteiger partial charge in [0.1, 0.15) is 72.9 Å². The monoisotopic (exact) mass is 1030 g/mol. The Morgan fingerprint density at radius 1 is 0.569 bits per heavy atom. The Bertz CT molecular complexity index is 1680. The van der Waals surface area contributed by atoms with Gasteiger partial charge in [0, 0.05) is 48.4 Å². The summed E-state index contributed by atoms with van der Waals surface area (Å²) in [6, 6.07) is 7.45. The summed E-state index contributed by atoms with van der Waals surface area (Å²) in [5.41, 5.74) is 0.886. The van der Waals surface area contributed by atoms with Crippen molar-refractivity contribution in [3.05, 3.63) is 29.8 Å². The minimum absolute atomic E-state index is 0.197. The van der Waals surface area contributed by atoms with Crippen molar-refractivity contribution < 1.29 is 86.5 Å². The molecule has 0 radical (unpaired) electrons. The van der Waals surface area contributed by atoms with Crippen LogP contribution in [-0.2, 0) is 72.9 Å². The minimum atomic E-state index is -1.32. The van der Waals surface area contributed by atoms with Crippen molar-refractivity contribution in [1.82, 2.24) is 0 Å². The topological polar surface area (TPSA) is 215 Å². The molecule has 3 saturated heterocycles. The van der Waals surface area contributed by atoms with Crippen molar-refractivity contribution >= 4 is 11.9 Å². The quantitative estimate of drug-likeness (QED) is 0.0557. The van der Waals surface area contributed by atoms with Crippen LogP contribution in [0.25, 0.3) is 0 Å². The van der Waals surface area contributed by atoms with E-state index in [2.05, 4.69) is 20.8 Å². The number of rotatable bonds is 30. The van der Waals surface area contributed by atoms with E-state index in [4.69, 9.17) is 61.6 Å². The van der Waals surface area contributed by atoms with Crippen molar-refractivity contribution in [3.8, 4) is 5.75 Å². The number of hydrogen-bond donors (Lipinski definition) is 3. The van der Waals surface area contributed by atoms with Gasteiger partial charge in [0.25, 0.3) is 0 Å². The normalized spacial score (nSPS) is 33.5. The maximum Gasteiger partial charge on any atom is 0.308 e. The summed E-state index contributed by atoms with van der Waals surface area (Å²) in [6.45, 7) is 17.3. The molecule has 1 aromatic carbocycles. The van der Waals surface area contributed by atoms with E-state index in [9.17, 15) is 24.9 Å². The molecule has 0 bridgehead atoms. The van der Waals surface area contributed by atoms with Crippen LogP contribution in [0.5, 0.6) is 5.75 Å². The van der Waals surface area contributed by atoms with E-state index < -0.39 is 104 Å². The van der Waals surface area contributed by atoms with Gasteiger partial charge in [-0.3, -0.25) is 9.59 Å². The van der Waals surface area contributed by atoms with E-state index in [1.54, 1.807) is 21.0 Å². The van der Waals surface area contributed by atoms with Crippen molar-refractivity contribution in [3.63, 3.8) is 0 Å². The number of ether oxygens (including phenoxy) is 13. The van der Waals surface area contributed by atoms with E-state index in [-0.39, 0.29) is 29.9 Å². The molecular weight excluding hydrogens is 937 g/mol. The Morgan fingerprint density at radius 2 is 1.07 bits per heavy atom. The van der Waals surface area contributed by atoms with Crippen LogP contribution in [-0.4, -0.2) is 173 Å². The average Bonchev–Trinajstić information content (AvgIpc) is 3.35. The van der Waals surface area contributed by atoms with Gasteiger partial charge in [0.2, 0.25) is 6.29 Å². The lowest BCUT2D eigenvalue weighted by Gasteiger charge is -2.49. The highest BCUT2D eigenvalue weighted by Crippen LogP contribution is 2.36. The average molecular weight is 1030 g/mol. The number of carbonyl (C=O) groups excluding carboxylic acids is 2. The third kappa shape index (κ3) is 17.0. The molecular formula is C54H92O18. The lowest BCUT2D eigenvalue weighted by Crippen LogP contribution is -2.66. The van der Waals surface area contributed by atoms with Crippen LogP contribution in [0.4, 0.5) is 0 Å². The number of aliphatic hydroxyl groups is 3. The Labute approximate surface area is 429 Å². The molecule has 4 rings (SSSR count). The maximum absolute atomic E-state index is 13.5. The molecule has 0 aliphatic carbocycles. The summed E-state index contributed by atoms with van der Waals surface area (Å²) in [6.07, 6.45) is -7.43. The summed E-state index contributed by atoms with van der Waals surface area (Å²) < 4.78 is 79.5. The number of hydrogen-bond acceptors (Lipinski definition) is 18. The van der Waals surface area contributed by atoms with Crippen LogP contribution < -0.4 is 4.74 Å². The molecule has 72 heavy (non-hydrogen) atoms. The highest BCUT2D eigenvalue weighted by atomic mass is 16.8. The van der Waals surface area contributed by atoms with E-state index >= 15 is 0 Å². The van der Waals surface area contributed by atoms with Crippen LogP contribution in [0.15, 0.2) is 24.3 Å². The first-order chi connectivity index (χ1) is 34.4. The van der Waals surface area contributed by atoms with Crippen molar-refractivity contribution in [2.45, 2.75) is 243 Å². The lowest BCUT2D eigenvalue weighted by molar-refractivity contribution is -0.377. The fraction of sp³-hybridized carbons (Fsp3) is 0.852. The third-order valence-electron chi connectivity index (χ3n) is 14.7. The van der Waals surface area contributed by atoms with Crippen LogP contribution in [0.1, 0.15) is 132 Å². The SMILES string of the molecule is CCCC(C)C(=O)OC(CCCCC(C)C(CC)OC)CC(Cc1ccc(O[C@H]2OC(C)[C@@H](OC)C(O[C@H]3OC(C)[C@@H](O)C(O[C@H]4OC(C)[C@H](O)C(O)C4OC)C3OC)C2OC)cc1)OC(=O)C(C)CCC. The molecule has 15 unspecified atom stereocenters. The molecule has 0 spiro atoms. The van der Waals surface area contributed by atoms with Crippen LogP contribution in [0.3, 0.4) is 0 Å². The largest absolute Gasteiger partial charge is 0.462 e. The first-order valence-electron chi connectivity index (χ1n) is 26.5. The van der Waals surface area contributed by atoms with Gasteiger partial charge in [-0.25, -0.2) is 0 Å². The molecule has 0 saturated carbocycles. The Balaban J connectivity index is 1.53. The van der Waals surface area contributed by atoms with Crippen LogP contribution in [0, 0.1) is 17.8 Å². The summed E-state index contributed by atoms with van der Waals surface area (Å²) in [7, 11) is 7.60. The highest BCUT2D eigenvalue weighted by molar-refractivity contribution is 5.72. The van der Waals surface area contributed by atoms with Crippen LogP contribution in [0.2, 0.25) is 0 Å². The summed E-state index contributed by atoms with van der Waals surface area (Å²) in [5.74, 6) is -0.159. The Kier molecular flexibility index (Phi) is 26.6. The molecule has 0 aromatic heterocycles. The molecule has 18 heteroatoms. The third-order valence-corrected chi connectivity index (χ3v) is 14.7. The Morgan fingerprint density at radius 3 is 1.61 bits per heavy atom. The van der Waals surface area contributed by atoms with Gasteiger partial charge in [-0.15, -0.1) is 0 Å². The molecule has 3 aliphatic rings. The standard InChI is InChI=1S/C54H92O18/c1-15-20-31(5)50(58)68-38(23-19-18-22-30(4)40(17-3)60-10)29-39(69-51(59)32(6)21-16-2)28-36-24-26-37(27-25-36)70-53-49(64-14)47(44(61-11)35(9)67-53)72-54-48(63-13)45(42(56)34(8)66-54)71-52-46(62-12)43(57)41(55)33(7)65-52/h24-27,30-35,38-49,52-57H,15-23,28-29H2,1-14H3/t30?,31?,32?,33?,34?,35?,38?,39?,40?,41-,42+,43?,44+,45?,46?,47?,48?,49?,52+,53+,54+/m0/s1. The maximum atomic E-state index is 13.5. The molecule has 1 aromatic rings. The molecule has 0 amide bonds. The number of benzene rings is 1. The van der Waals surface area contributed by atoms with Gasteiger partial charge < -0.3 is 76.9 Å². The van der Waals surface area contributed by atoms with Gasteiger partial charge in [0.05, 0.1) is 36.3 Å². The van der Waals surface area contributed by atoms with E-state index in [1.165, 1.54) is 28.4 Å². The van der Waals surface area contributed by atoms with Gasteiger partial charge in [-0.05, 0) is 82.9 Å². The molecule has 416 valence electrons. The number of esters is 2. The second-order valence-corrected chi connectivity index (χ2v) is 20.2. The minimum Gasteiger partial charge on any atom is -0.462 e. The van der Waals surface area contributed by atoms with Gasteiger partial charge in [0.15, 0.2) is 12.6 Å². The number of aliphatic hydroxyl groups excluding tert-OH is 3. The summed E-state index contributed by atoms with van der Waals surface area (Å²) in [5, 5.41) is 32.6. The number of carbonyl (C=O) groups is 2. The van der Waals surface area contributed by atoms with Gasteiger partial charge in [-0.2, -0.15) is 0 Å². The molecule has 18 nitrogen and oxygen atoms in total. The zero-order valence-electron chi connectivity index (χ0n) is 45.7. The van der Waals surface area contributed by atoms with Crippen molar-refractivity contribution in [2.24, 2.45) is 17.8 Å². The van der Waals surface area contributed by atoms with Gasteiger partial charge >= 0.3 is 11.9 Å². The summed E-state index contributed by atoms with van der Waals surface area (Å²) >= 11 is 0. The molecule has 3 N–H and O–H groups in total. The first kappa shape index (κ1) is 62.0. The zero-order chi connectivity index (χ0) is 53.2. The zero-order valence-corrected chi connectivity index (χ0v) is 45.7. The lowest BCUT2D eigenvalue weighted by atomic mass is 9.94. The van der Waals surface area contributed by atoms with E-state index in [0.29, 0.717) is 37.4 Å². The second-order valence-electron chi connectivity index (χ2n) is 20.2. The number of methoxy groups -OCH3 is 5. The fourth-order valence-electron chi connectivity index (χ4n) is 10.2. The summed E-state index contributed by atoms with van der Waals surface area (Å²) in [4.78, 5) is 26.9. The van der Waals surface area contributed by atoms with E-state index in [1.807, 2.05) is 52.0 Å². The predicted molar refractivity (Wildman–Crippen MR) is 266 cm³/mol. The second kappa shape index (κ2) is 30.9. The fourth-order valence-corrected chi connectivity index (χ4v) is 10.2.